The fourth-order valence-corrected chi connectivity index (χ4v) is 3.40. The normalized spacial score (nSPS) is 20.8. The number of likely N-dealkylation sites (tertiary alicyclic amines) is 1. The molecule has 0 aliphatic carbocycles. The van der Waals surface area contributed by atoms with Crippen LogP contribution in [-0.4, -0.2) is 37.7 Å². The molecular formula is C12H17N5S2. The number of hydrogen-bond acceptors (Lipinski definition) is 5. The molecule has 1 aliphatic rings. The van der Waals surface area contributed by atoms with Crippen LogP contribution in [0.1, 0.15) is 31.2 Å². The van der Waals surface area contributed by atoms with Crippen molar-refractivity contribution in [2.24, 2.45) is 0 Å². The van der Waals surface area contributed by atoms with Gasteiger partial charge in [-0.15, -0.1) is 11.3 Å². The Morgan fingerprint density at radius 3 is 3.05 bits per heavy atom. The Hall–Kier alpha value is -1.05. The summed E-state index contributed by atoms with van der Waals surface area (Å²) in [4.78, 5) is 11.3. The van der Waals surface area contributed by atoms with Crippen molar-refractivity contribution in [3.8, 4) is 11.5 Å². The lowest BCUT2D eigenvalue weighted by atomic mass is 10.0. The Kier molecular flexibility index (Phi) is 3.76. The number of H-pyrrole nitrogens is 2. The molecule has 2 aromatic rings. The molecule has 0 bridgehead atoms. The summed E-state index contributed by atoms with van der Waals surface area (Å²) in [5.41, 5.74) is 0.872. The molecule has 3 heterocycles. The number of nitrogens with zero attached hydrogens (tertiary/aromatic N) is 3. The second-order valence-electron chi connectivity index (χ2n) is 4.96. The van der Waals surface area contributed by atoms with E-state index in [2.05, 4.69) is 32.0 Å². The third-order valence-electron chi connectivity index (χ3n) is 3.57. The van der Waals surface area contributed by atoms with E-state index in [-0.39, 0.29) is 0 Å². The van der Waals surface area contributed by atoms with Crippen molar-refractivity contribution >= 4 is 23.6 Å². The van der Waals surface area contributed by atoms with Crippen molar-refractivity contribution in [1.82, 2.24) is 25.1 Å². The first kappa shape index (κ1) is 13.0. The highest BCUT2D eigenvalue weighted by Gasteiger charge is 2.19. The maximum Gasteiger partial charge on any atom is 0.213 e. The van der Waals surface area contributed by atoms with Crippen LogP contribution in [0, 0.1) is 4.77 Å². The van der Waals surface area contributed by atoms with E-state index in [1.165, 1.54) is 25.8 Å². The van der Waals surface area contributed by atoms with Crippen molar-refractivity contribution in [3.63, 3.8) is 0 Å². The standard InChI is InChI=1S/C12H17N5S2/c1-8-4-2-3-5-17(8)6-10-13-9(7-19-10)11-14-12(18)16-15-11/h7-8H,2-6H2,1H3,(H2,14,15,16,18). The number of rotatable bonds is 3. The molecule has 2 aromatic heterocycles. The van der Waals surface area contributed by atoms with Crippen LogP contribution in [0.3, 0.4) is 0 Å². The quantitative estimate of drug-likeness (QED) is 0.855. The second kappa shape index (κ2) is 5.52. The predicted octanol–water partition coefficient (Wildman–Crippen LogP) is 2.97. The molecule has 102 valence electrons. The van der Waals surface area contributed by atoms with Gasteiger partial charge in [0.1, 0.15) is 10.7 Å². The molecule has 0 aromatic carbocycles. The van der Waals surface area contributed by atoms with Crippen LogP contribution in [0.5, 0.6) is 0 Å². The molecule has 1 saturated heterocycles. The molecule has 7 heteroatoms. The first-order valence-electron chi connectivity index (χ1n) is 6.56. The molecular weight excluding hydrogens is 278 g/mol. The number of aromatic nitrogens is 4. The maximum atomic E-state index is 4.96. The number of hydrogen-bond donors (Lipinski definition) is 2. The predicted molar refractivity (Wildman–Crippen MR) is 78.6 cm³/mol. The highest BCUT2D eigenvalue weighted by atomic mass is 32.1. The summed E-state index contributed by atoms with van der Waals surface area (Å²) in [5, 5.41) is 8.91. The lowest BCUT2D eigenvalue weighted by molar-refractivity contribution is 0.152. The molecule has 3 rings (SSSR count). The minimum absolute atomic E-state index is 0.467. The molecule has 0 saturated carbocycles. The molecule has 0 radical (unpaired) electrons. The number of nitrogens with one attached hydrogen (secondary N) is 2. The summed E-state index contributed by atoms with van der Waals surface area (Å²) in [6.45, 7) is 4.43. The van der Waals surface area contributed by atoms with Crippen molar-refractivity contribution in [2.75, 3.05) is 6.54 Å². The van der Waals surface area contributed by atoms with Gasteiger partial charge >= 0.3 is 0 Å². The van der Waals surface area contributed by atoms with Crippen LogP contribution in [-0.2, 0) is 6.54 Å². The molecule has 0 amide bonds. The average molecular weight is 295 g/mol. The van der Waals surface area contributed by atoms with Gasteiger partial charge in [0.15, 0.2) is 5.82 Å². The fraction of sp³-hybridized carbons (Fsp3) is 0.583. The summed E-state index contributed by atoms with van der Waals surface area (Å²) in [6, 6.07) is 0.664. The number of thiazole rings is 1. The van der Waals surface area contributed by atoms with Crippen LogP contribution < -0.4 is 0 Å². The molecule has 1 unspecified atom stereocenters. The van der Waals surface area contributed by atoms with E-state index in [9.17, 15) is 0 Å². The van der Waals surface area contributed by atoms with Gasteiger partial charge in [0.2, 0.25) is 4.77 Å². The molecule has 1 atom stereocenters. The van der Waals surface area contributed by atoms with Gasteiger partial charge in [0, 0.05) is 11.4 Å². The first-order chi connectivity index (χ1) is 9.22. The smallest absolute Gasteiger partial charge is 0.213 e. The van der Waals surface area contributed by atoms with Crippen molar-refractivity contribution < 1.29 is 0 Å². The van der Waals surface area contributed by atoms with Crippen LogP contribution in [0.4, 0.5) is 0 Å². The van der Waals surface area contributed by atoms with Crippen LogP contribution in [0.25, 0.3) is 11.5 Å². The highest BCUT2D eigenvalue weighted by Crippen LogP contribution is 2.23. The summed E-state index contributed by atoms with van der Waals surface area (Å²) in [7, 11) is 0. The minimum atomic E-state index is 0.467. The van der Waals surface area contributed by atoms with Crippen LogP contribution >= 0.6 is 23.6 Å². The van der Waals surface area contributed by atoms with Crippen molar-refractivity contribution in [1.29, 1.82) is 0 Å². The van der Waals surface area contributed by atoms with Crippen molar-refractivity contribution in [3.05, 3.63) is 15.2 Å². The van der Waals surface area contributed by atoms with Crippen molar-refractivity contribution in [2.45, 2.75) is 38.8 Å². The molecule has 1 fully saturated rings. The van der Waals surface area contributed by atoms with E-state index in [1.54, 1.807) is 11.3 Å². The SMILES string of the molecule is CC1CCCCN1Cc1nc(-c2nc(=S)[nH][nH]2)cs1. The van der Waals surface area contributed by atoms with Crippen LogP contribution in [0.2, 0.25) is 0 Å². The topological polar surface area (TPSA) is 60.6 Å². The Labute approximate surface area is 121 Å². The lowest BCUT2D eigenvalue weighted by Gasteiger charge is -2.32. The van der Waals surface area contributed by atoms with E-state index in [0.29, 0.717) is 10.8 Å². The van der Waals surface area contributed by atoms with Gasteiger partial charge < -0.3 is 0 Å². The average Bonchev–Trinajstić information content (AvgIpc) is 3.01. The maximum absolute atomic E-state index is 4.96. The summed E-state index contributed by atoms with van der Waals surface area (Å²) < 4.78 is 0.467. The largest absolute Gasteiger partial charge is 0.294 e. The monoisotopic (exact) mass is 295 g/mol. The molecule has 5 nitrogen and oxygen atoms in total. The van der Waals surface area contributed by atoms with E-state index in [0.717, 1.165) is 23.1 Å². The third-order valence-corrected chi connectivity index (χ3v) is 4.60. The molecule has 19 heavy (non-hydrogen) atoms. The van der Waals surface area contributed by atoms with Gasteiger partial charge in [-0.2, -0.15) is 4.98 Å². The molecule has 2 N–H and O–H groups in total. The first-order valence-corrected chi connectivity index (χ1v) is 7.84. The Balaban J connectivity index is 1.72. The van der Waals surface area contributed by atoms with Gasteiger partial charge in [-0.05, 0) is 38.5 Å². The summed E-state index contributed by atoms with van der Waals surface area (Å²) >= 11 is 6.64. The minimum Gasteiger partial charge on any atom is -0.294 e. The van der Waals surface area contributed by atoms with Gasteiger partial charge in [-0.1, -0.05) is 6.42 Å². The number of aromatic amines is 2. The van der Waals surface area contributed by atoms with Crippen LogP contribution in [0.15, 0.2) is 5.38 Å². The zero-order chi connectivity index (χ0) is 13.2. The molecule has 0 spiro atoms. The van der Waals surface area contributed by atoms with E-state index in [1.807, 2.05) is 5.38 Å². The van der Waals surface area contributed by atoms with Gasteiger partial charge in [0.25, 0.3) is 0 Å². The Bertz CT molecular complexity index is 599. The lowest BCUT2D eigenvalue weighted by Crippen LogP contribution is -2.36. The highest BCUT2D eigenvalue weighted by molar-refractivity contribution is 7.71. The van der Waals surface area contributed by atoms with Gasteiger partial charge in [-0.25, -0.2) is 4.98 Å². The summed E-state index contributed by atoms with van der Waals surface area (Å²) in [5.74, 6) is 0.721. The Morgan fingerprint density at radius 2 is 2.32 bits per heavy atom. The van der Waals surface area contributed by atoms with E-state index >= 15 is 0 Å². The second-order valence-corrected chi connectivity index (χ2v) is 6.29. The molecule has 1 aliphatic heterocycles. The zero-order valence-corrected chi connectivity index (χ0v) is 12.5. The third kappa shape index (κ3) is 2.93. The van der Waals surface area contributed by atoms with Gasteiger partial charge in [0.05, 0.1) is 6.54 Å². The summed E-state index contributed by atoms with van der Waals surface area (Å²) in [6.07, 6.45) is 3.95. The van der Waals surface area contributed by atoms with E-state index in [4.69, 9.17) is 12.2 Å². The zero-order valence-electron chi connectivity index (χ0n) is 10.8. The van der Waals surface area contributed by atoms with E-state index < -0.39 is 0 Å². The van der Waals surface area contributed by atoms with Gasteiger partial charge in [-0.3, -0.25) is 15.1 Å². The Morgan fingerprint density at radius 1 is 1.42 bits per heavy atom. The fourth-order valence-electron chi connectivity index (χ4n) is 2.45. The number of piperidine rings is 1.